The van der Waals surface area contributed by atoms with Crippen LogP contribution in [0.1, 0.15) is 75.2 Å². The highest BCUT2D eigenvalue weighted by molar-refractivity contribution is 7.86. The summed E-state index contributed by atoms with van der Waals surface area (Å²) in [5.41, 5.74) is 1.41. The molecule has 1 atom stereocenters. The number of hydrogen-bond donors (Lipinski definition) is 5. The molecule has 1 heterocycles. The normalized spacial score (nSPS) is 14.6. The van der Waals surface area contributed by atoms with E-state index >= 15 is 0 Å². The molecule has 14 heteroatoms. The Kier molecular flexibility index (Phi) is 10.5. The molecule has 13 nitrogen and oxygen atoms in total. The average Bonchev–Trinajstić information content (AvgIpc) is 3.90. The standard InChI is InChI=1S/C33H36N4O9S/c38-29-20-46-28-18-24(11-16-27(28)36-29)33(42)37(26-14-15-26)19-21-5-7-23(8-6-21)32(41)35-25-12-9-22(10-13-25)31(40)34-17-3-1-2-4-30(39)47(43,44)45/h5-13,16,18,26,30,39H,1-4,14-15,17,19-20H2,(H,34,40)(H,35,41)(H,36,38)(H,43,44,45). The van der Waals surface area contributed by atoms with Crippen LogP contribution in [0.15, 0.2) is 66.7 Å². The topological polar surface area (TPSA) is 191 Å². The minimum absolute atomic E-state index is 0.0822. The molecule has 3 aromatic carbocycles. The van der Waals surface area contributed by atoms with Crippen LogP contribution in [0.4, 0.5) is 11.4 Å². The number of carbonyl (C=O) groups excluding carboxylic acids is 4. The summed E-state index contributed by atoms with van der Waals surface area (Å²) in [7, 11) is -4.46. The Hall–Kier alpha value is -4.79. The fraction of sp³-hybridized carbons (Fsp3) is 0.333. The van der Waals surface area contributed by atoms with Crippen molar-refractivity contribution in [1.82, 2.24) is 10.2 Å². The van der Waals surface area contributed by atoms with Gasteiger partial charge in [-0.15, -0.1) is 0 Å². The summed E-state index contributed by atoms with van der Waals surface area (Å²) in [5.74, 6) is -0.545. The third-order valence-electron chi connectivity index (χ3n) is 7.84. The lowest BCUT2D eigenvalue weighted by molar-refractivity contribution is -0.118. The van der Waals surface area contributed by atoms with Crippen LogP contribution in [-0.2, 0) is 21.5 Å². The van der Waals surface area contributed by atoms with Gasteiger partial charge in [0.15, 0.2) is 12.0 Å². The Morgan fingerprint density at radius 2 is 1.57 bits per heavy atom. The highest BCUT2D eigenvalue weighted by Gasteiger charge is 2.33. The fourth-order valence-electron chi connectivity index (χ4n) is 5.07. The Morgan fingerprint density at radius 1 is 0.915 bits per heavy atom. The predicted molar refractivity (Wildman–Crippen MR) is 173 cm³/mol. The molecular formula is C33H36N4O9S. The lowest BCUT2D eigenvalue weighted by Gasteiger charge is -2.24. The van der Waals surface area contributed by atoms with Gasteiger partial charge in [-0.2, -0.15) is 8.42 Å². The number of anilines is 2. The smallest absolute Gasteiger partial charge is 0.291 e. The van der Waals surface area contributed by atoms with Gasteiger partial charge >= 0.3 is 0 Å². The van der Waals surface area contributed by atoms with Crippen molar-refractivity contribution < 1.29 is 42.0 Å². The third kappa shape index (κ3) is 9.15. The molecule has 3 aromatic rings. The molecule has 5 N–H and O–H groups in total. The fourth-order valence-corrected chi connectivity index (χ4v) is 5.53. The molecule has 0 spiro atoms. The van der Waals surface area contributed by atoms with Crippen molar-refractivity contribution in [2.24, 2.45) is 0 Å². The summed E-state index contributed by atoms with van der Waals surface area (Å²) in [6, 6.07) is 18.6. The molecule has 0 radical (unpaired) electrons. The summed E-state index contributed by atoms with van der Waals surface area (Å²) in [5, 5.41) is 17.6. The van der Waals surface area contributed by atoms with Crippen molar-refractivity contribution in [2.75, 3.05) is 23.8 Å². The van der Waals surface area contributed by atoms with Crippen LogP contribution < -0.4 is 20.7 Å². The van der Waals surface area contributed by atoms with Crippen molar-refractivity contribution in [3.05, 3.63) is 89.0 Å². The van der Waals surface area contributed by atoms with E-state index in [0.29, 0.717) is 66.2 Å². The quantitative estimate of drug-likeness (QED) is 0.127. The molecule has 0 saturated heterocycles. The predicted octanol–water partition coefficient (Wildman–Crippen LogP) is 3.57. The van der Waals surface area contributed by atoms with Gasteiger partial charge < -0.3 is 30.7 Å². The average molecular weight is 665 g/mol. The van der Waals surface area contributed by atoms with Gasteiger partial charge in [-0.25, -0.2) is 0 Å². The van der Waals surface area contributed by atoms with Gasteiger partial charge in [0, 0.05) is 41.5 Å². The summed E-state index contributed by atoms with van der Waals surface area (Å²) < 4.78 is 35.9. The lowest BCUT2D eigenvalue weighted by atomic mass is 10.1. The Morgan fingerprint density at radius 3 is 2.26 bits per heavy atom. The van der Waals surface area contributed by atoms with E-state index in [1.54, 1.807) is 54.6 Å². The maximum absolute atomic E-state index is 13.4. The van der Waals surface area contributed by atoms with E-state index in [2.05, 4.69) is 16.0 Å². The molecule has 1 fully saturated rings. The van der Waals surface area contributed by atoms with E-state index in [1.165, 1.54) is 0 Å². The molecule has 2 aliphatic rings. The van der Waals surface area contributed by atoms with Crippen molar-refractivity contribution in [3.63, 3.8) is 0 Å². The van der Waals surface area contributed by atoms with Gasteiger partial charge in [-0.3, -0.25) is 23.7 Å². The first-order chi connectivity index (χ1) is 22.5. The molecule has 1 aliphatic carbocycles. The van der Waals surface area contributed by atoms with Gasteiger partial charge in [-0.05, 0) is 92.3 Å². The van der Waals surface area contributed by atoms with Crippen LogP contribution in [0.5, 0.6) is 5.75 Å². The summed E-state index contributed by atoms with van der Waals surface area (Å²) in [6.45, 7) is 0.634. The minimum Gasteiger partial charge on any atom is -0.482 e. The zero-order chi connectivity index (χ0) is 33.6. The number of benzene rings is 3. The van der Waals surface area contributed by atoms with Gasteiger partial charge in [0.25, 0.3) is 33.7 Å². The number of hydrogen-bond acceptors (Lipinski definition) is 8. The van der Waals surface area contributed by atoms with Crippen LogP contribution in [0, 0.1) is 0 Å². The summed E-state index contributed by atoms with van der Waals surface area (Å²) >= 11 is 0. The third-order valence-corrected chi connectivity index (χ3v) is 8.76. The molecular weight excluding hydrogens is 628 g/mol. The second-order valence-corrected chi connectivity index (χ2v) is 13.1. The van der Waals surface area contributed by atoms with Crippen molar-refractivity contribution in [1.29, 1.82) is 0 Å². The zero-order valence-corrected chi connectivity index (χ0v) is 26.3. The summed E-state index contributed by atoms with van der Waals surface area (Å²) in [4.78, 5) is 52.1. The number of aliphatic hydroxyl groups excluding tert-OH is 1. The molecule has 4 amide bonds. The van der Waals surface area contributed by atoms with E-state index in [-0.39, 0.29) is 42.7 Å². The van der Waals surface area contributed by atoms with E-state index in [1.807, 2.05) is 17.0 Å². The second kappa shape index (κ2) is 14.8. The highest BCUT2D eigenvalue weighted by atomic mass is 32.2. The first-order valence-corrected chi connectivity index (χ1v) is 16.8. The Balaban J connectivity index is 1.09. The molecule has 0 bridgehead atoms. The number of rotatable bonds is 14. The second-order valence-electron chi connectivity index (χ2n) is 11.5. The number of nitrogens with zero attached hydrogens (tertiary/aromatic N) is 1. The largest absolute Gasteiger partial charge is 0.482 e. The molecule has 47 heavy (non-hydrogen) atoms. The molecule has 1 aliphatic heterocycles. The molecule has 1 unspecified atom stereocenters. The molecule has 248 valence electrons. The van der Waals surface area contributed by atoms with E-state index < -0.39 is 15.6 Å². The van der Waals surface area contributed by atoms with Crippen LogP contribution in [0.2, 0.25) is 0 Å². The van der Waals surface area contributed by atoms with Gasteiger partial charge in [0.05, 0.1) is 5.69 Å². The first-order valence-electron chi connectivity index (χ1n) is 15.3. The lowest BCUT2D eigenvalue weighted by Crippen LogP contribution is -2.33. The number of fused-ring (bicyclic) bond motifs is 1. The van der Waals surface area contributed by atoms with Crippen LogP contribution in [0.3, 0.4) is 0 Å². The minimum atomic E-state index is -4.46. The van der Waals surface area contributed by atoms with Crippen molar-refractivity contribution >= 4 is 45.1 Å². The number of amides is 4. The van der Waals surface area contributed by atoms with Crippen LogP contribution in [0.25, 0.3) is 0 Å². The first kappa shape index (κ1) is 33.6. The van der Waals surface area contributed by atoms with Crippen molar-refractivity contribution in [2.45, 2.75) is 56.5 Å². The number of nitrogens with one attached hydrogen (secondary N) is 3. The zero-order valence-electron chi connectivity index (χ0n) is 25.5. The van der Waals surface area contributed by atoms with Crippen LogP contribution in [-0.4, -0.2) is 71.2 Å². The molecule has 1 saturated carbocycles. The summed E-state index contributed by atoms with van der Waals surface area (Å²) in [6.07, 6.45) is 3.25. The van der Waals surface area contributed by atoms with Crippen molar-refractivity contribution in [3.8, 4) is 5.75 Å². The number of unbranched alkanes of at least 4 members (excludes halogenated alkanes) is 2. The number of ether oxygens (including phenoxy) is 1. The number of carbonyl (C=O) groups is 4. The van der Waals surface area contributed by atoms with Gasteiger partial charge in [0.2, 0.25) is 0 Å². The highest BCUT2D eigenvalue weighted by Crippen LogP contribution is 2.33. The molecule has 5 rings (SSSR count). The maximum Gasteiger partial charge on any atom is 0.291 e. The van der Waals surface area contributed by atoms with Crippen LogP contribution >= 0.6 is 0 Å². The maximum atomic E-state index is 13.4. The van der Waals surface area contributed by atoms with E-state index in [0.717, 1.165) is 18.4 Å². The Labute approximate surface area is 272 Å². The molecule has 0 aromatic heterocycles. The number of aliphatic hydroxyl groups is 1. The van der Waals surface area contributed by atoms with E-state index in [4.69, 9.17) is 9.29 Å². The van der Waals surface area contributed by atoms with E-state index in [9.17, 15) is 32.7 Å². The van der Waals surface area contributed by atoms with Gasteiger partial charge in [-0.1, -0.05) is 18.6 Å². The SMILES string of the molecule is O=C1COc2cc(C(=O)N(Cc3ccc(C(=O)Nc4ccc(C(=O)NCCCCCC(O)S(=O)(=O)O)cc4)cc3)C3CC3)ccc2N1. The Bertz CT molecular complexity index is 1740. The monoisotopic (exact) mass is 664 g/mol. The van der Waals surface area contributed by atoms with Gasteiger partial charge in [0.1, 0.15) is 5.75 Å².